The third-order valence-electron chi connectivity index (χ3n) is 3.48. The van der Waals surface area contributed by atoms with Crippen LogP contribution in [0.4, 0.5) is 4.39 Å². The predicted molar refractivity (Wildman–Crippen MR) is 78.6 cm³/mol. The highest BCUT2D eigenvalue weighted by atomic mass is 19.1. The van der Waals surface area contributed by atoms with Crippen LogP contribution in [0.1, 0.15) is 42.1 Å². The first kappa shape index (κ1) is 15.0. The summed E-state index contributed by atoms with van der Waals surface area (Å²) in [7, 11) is 0. The van der Waals surface area contributed by atoms with Crippen molar-refractivity contribution >= 4 is 5.97 Å². The van der Waals surface area contributed by atoms with Gasteiger partial charge in [-0.1, -0.05) is 32.0 Å². The van der Waals surface area contributed by atoms with Crippen molar-refractivity contribution in [3.05, 3.63) is 59.4 Å². The average molecular weight is 288 g/mol. The minimum absolute atomic E-state index is 0.00112. The van der Waals surface area contributed by atoms with E-state index in [1.807, 2.05) is 12.1 Å². The van der Waals surface area contributed by atoms with E-state index in [-0.39, 0.29) is 5.75 Å². The highest BCUT2D eigenvalue weighted by Crippen LogP contribution is 2.28. The molecule has 0 radical (unpaired) electrons. The van der Waals surface area contributed by atoms with Crippen molar-refractivity contribution in [1.29, 1.82) is 0 Å². The highest BCUT2D eigenvalue weighted by molar-refractivity contribution is 5.91. The summed E-state index contributed by atoms with van der Waals surface area (Å²) in [4.78, 5) is 11.1. The molecular weight excluding hydrogens is 271 g/mol. The van der Waals surface area contributed by atoms with Crippen molar-refractivity contribution in [1.82, 2.24) is 0 Å². The highest BCUT2D eigenvalue weighted by Gasteiger charge is 2.17. The molecule has 2 aromatic rings. The molecule has 2 rings (SSSR count). The first-order valence-electron chi connectivity index (χ1n) is 6.82. The van der Waals surface area contributed by atoms with Gasteiger partial charge in [0.1, 0.15) is 22.9 Å². The van der Waals surface area contributed by atoms with Crippen LogP contribution in [0.5, 0.6) is 11.5 Å². The largest absolute Gasteiger partial charge is 0.477 e. The van der Waals surface area contributed by atoms with Crippen LogP contribution in [0.15, 0.2) is 42.5 Å². The van der Waals surface area contributed by atoms with Gasteiger partial charge in [0.2, 0.25) is 0 Å². The summed E-state index contributed by atoms with van der Waals surface area (Å²) in [6, 6.07) is 11.4. The monoisotopic (exact) mass is 288 g/mol. The van der Waals surface area contributed by atoms with Crippen molar-refractivity contribution in [3.63, 3.8) is 0 Å². The molecule has 0 fully saturated rings. The van der Waals surface area contributed by atoms with Gasteiger partial charge in [-0.15, -0.1) is 0 Å². The van der Waals surface area contributed by atoms with Crippen LogP contribution in [0.2, 0.25) is 0 Å². The van der Waals surface area contributed by atoms with Gasteiger partial charge in [-0.25, -0.2) is 9.18 Å². The molecule has 2 aromatic carbocycles. The van der Waals surface area contributed by atoms with Crippen molar-refractivity contribution in [2.75, 3.05) is 0 Å². The minimum atomic E-state index is -1.35. The Labute approximate surface area is 123 Å². The number of aromatic carboxylic acids is 1. The Balaban J connectivity index is 2.27. The molecular formula is C17H17FO3. The zero-order valence-corrected chi connectivity index (χ0v) is 12.0. The topological polar surface area (TPSA) is 46.5 Å². The Morgan fingerprint density at radius 1 is 1.24 bits per heavy atom. The molecule has 0 aliphatic carbocycles. The Bertz CT molecular complexity index is 635. The zero-order chi connectivity index (χ0) is 15.4. The Kier molecular flexibility index (Phi) is 4.58. The summed E-state index contributed by atoms with van der Waals surface area (Å²) < 4.78 is 19.1. The normalized spacial score (nSPS) is 12.0. The molecule has 0 amide bonds. The summed E-state index contributed by atoms with van der Waals surface area (Å²) >= 11 is 0. The van der Waals surface area contributed by atoms with Gasteiger partial charge in [0, 0.05) is 0 Å². The molecule has 1 unspecified atom stereocenters. The molecule has 0 heterocycles. The lowest BCUT2D eigenvalue weighted by atomic mass is 9.99. The van der Waals surface area contributed by atoms with Crippen molar-refractivity contribution < 1.29 is 19.0 Å². The molecule has 0 aliphatic heterocycles. The van der Waals surface area contributed by atoms with E-state index in [0.717, 1.165) is 12.5 Å². The third kappa shape index (κ3) is 3.40. The number of halogens is 1. The molecule has 4 heteroatoms. The predicted octanol–water partition coefficient (Wildman–Crippen LogP) is 4.83. The van der Waals surface area contributed by atoms with E-state index in [9.17, 15) is 9.18 Å². The second-order valence-electron chi connectivity index (χ2n) is 4.90. The summed E-state index contributed by atoms with van der Waals surface area (Å²) in [5, 5.41) is 9.05. The number of ether oxygens (including phenoxy) is 1. The number of carboxylic acids is 1. The number of rotatable bonds is 5. The van der Waals surface area contributed by atoms with Crippen LogP contribution in [-0.4, -0.2) is 11.1 Å². The number of carbonyl (C=O) groups is 1. The van der Waals surface area contributed by atoms with Gasteiger partial charge in [-0.3, -0.25) is 0 Å². The number of hydrogen-bond acceptors (Lipinski definition) is 2. The molecule has 0 aliphatic rings. The first-order chi connectivity index (χ1) is 10.0. The minimum Gasteiger partial charge on any atom is -0.477 e. The molecule has 3 nitrogen and oxygen atoms in total. The van der Waals surface area contributed by atoms with Gasteiger partial charge in [-0.05, 0) is 42.2 Å². The van der Waals surface area contributed by atoms with Gasteiger partial charge in [-0.2, -0.15) is 0 Å². The maximum Gasteiger partial charge on any atom is 0.342 e. The molecule has 0 saturated carbocycles. The Morgan fingerprint density at radius 2 is 1.90 bits per heavy atom. The van der Waals surface area contributed by atoms with Gasteiger partial charge in [0.05, 0.1) is 0 Å². The van der Waals surface area contributed by atoms with Gasteiger partial charge < -0.3 is 9.84 Å². The number of carboxylic acid groups (broad SMARTS) is 1. The van der Waals surface area contributed by atoms with Crippen LogP contribution in [0.25, 0.3) is 0 Å². The smallest absolute Gasteiger partial charge is 0.342 e. The summed E-state index contributed by atoms with van der Waals surface area (Å²) in [5.74, 6) is -1.23. The number of hydrogen-bond donors (Lipinski definition) is 1. The fourth-order valence-corrected chi connectivity index (χ4v) is 2.02. The van der Waals surface area contributed by atoms with Crippen molar-refractivity contribution in [2.24, 2.45) is 0 Å². The lowest BCUT2D eigenvalue weighted by Crippen LogP contribution is -2.03. The van der Waals surface area contributed by atoms with Crippen molar-refractivity contribution in [3.8, 4) is 11.5 Å². The Morgan fingerprint density at radius 3 is 2.48 bits per heavy atom. The van der Waals surface area contributed by atoms with Crippen LogP contribution >= 0.6 is 0 Å². The molecule has 0 bridgehead atoms. The van der Waals surface area contributed by atoms with Crippen LogP contribution in [0, 0.1) is 5.82 Å². The van der Waals surface area contributed by atoms with E-state index >= 15 is 0 Å². The van der Waals surface area contributed by atoms with E-state index in [2.05, 4.69) is 13.8 Å². The fourth-order valence-electron chi connectivity index (χ4n) is 2.02. The number of benzene rings is 2. The molecule has 21 heavy (non-hydrogen) atoms. The zero-order valence-electron chi connectivity index (χ0n) is 12.0. The standard InChI is InChI=1S/C17H17FO3/c1-3-11(2)12-7-9-13(10-8-12)21-15-6-4-5-14(18)16(15)17(19)20/h4-11H,3H2,1-2H3,(H,19,20). The van der Waals surface area contributed by atoms with E-state index in [0.29, 0.717) is 11.7 Å². The second kappa shape index (κ2) is 6.39. The molecule has 0 saturated heterocycles. The van der Waals surface area contributed by atoms with E-state index < -0.39 is 17.3 Å². The summed E-state index contributed by atoms with van der Waals surface area (Å²) in [6.45, 7) is 4.24. The lowest BCUT2D eigenvalue weighted by molar-refractivity contribution is 0.0689. The molecule has 0 spiro atoms. The Hall–Kier alpha value is -2.36. The van der Waals surface area contributed by atoms with Crippen molar-refractivity contribution in [2.45, 2.75) is 26.2 Å². The third-order valence-corrected chi connectivity index (χ3v) is 3.48. The lowest BCUT2D eigenvalue weighted by Gasteiger charge is -2.12. The molecule has 1 N–H and O–H groups in total. The van der Waals surface area contributed by atoms with E-state index in [1.54, 1.807) is 12.1 Å². The summed E-state index contributed by atoms with van der Waals surface area (Å²) in [5.41, 5.74) is 0.728. The SMILES string of the molecule is CCC(C)c1ccc(Oc2cccc(F)c2C(=O)O)cc1. The molecule has 1 atom stereocenters. The maximum absolute atomic E-state index is 13.6. The van der Waals surface area contributed by atoms with E-state index in [1.165, 1.54) is 17.7 Å². The average Bonchev–Trinajstić information content (AvgIpc) is 2.47. The fraction of sp³-hybridized carbons (Fsp3) is 0.235. The van der Waals surface area contributed by atoms with Gasteiger partial charge in [0.25, 0.3) is 0 Å². The van der Waals surface area contributed by atoms with Crippen LogP contribution < -0.4 is 4.74 Å². The maximum atomic E-state index is 13.6. The first-order valence-corrected chi connectivity index (χ1v) is 6.82. The van der Waals surface area contributed by atoms with Crippen LogP contribution in [-0.2, 0) is 0 Å². The molecule has 110 valence electrons. The van der Waals surface area contributed by atoms with Gasteiger partial charge >= 0.3 is 5.97 Å². The molecule has 0 aromatic heterocycles. The second-order valence-corrected chi connectivity index (χ2v) is 4.90. The van der Waals surface area contributed by atoms with Gasteiger partial charge in [0.15, 0.2) is 0 Å². The quantitative estimate of drug-likeness (QED) is 0.857. The van der Waals surface area contributed by atoms with Crippen LogP contribution in [0.3, 0.4) is 0 Å². The van der Waals surface area contributed by atoms with E-state index in [4.69, 9.17) is 9.84 Å². The summed E-state index contributed by atoms with van der Waals surface area (Å²) in [6.07, 6.45) is 1.03.